The van der Waals surface area contributed by atoms with Crippen LogP contribution in [0.15, 0.2) is 24.3 Å². The van der Waals surface area contributed by atoms with Crippen LogP contribution in [-0.4, -0.2) is 39.2 Å². The first-order chi connectivity index (χ1) is 7.91. The molecule has 1 N–H and O–H groups in total. The summed E-state index contributed by atoms with van der Waals surface area (Å²) in [6.45, 7) is 0. The number of carbonyl (C=O) groups excluding carboxylic acids is 1. The molecule has 0 spiro atoms. The van der Waals surface area contributed by atoms with Crippen molar-refractivity contribution in [3.63, 3.8) is 0 Å². The number of nitrogens with zero attached hydrogens (tertiary/aromatic N) is 1. The maximum absolute atomic E-state index is 11.4. The zero-order chi connectivity index (χ0) is 12.6. The van der Waals surface area contributed by atoms with E-state index in [0.717, 1.165) is 15.4 Å². The molecule has 1 heterocycles. The van der Waals surface area contributed by atoms with Crippen molar-refractivity contribution >= 4 is 22.6 Å². The average molecular weight is 360 g/mol. The molecule has 0 saturated heterocycles. The fraction of sp³-hybridized carbons (Fsp3) is 0.308. The van der Waals surface area contributed by atoms with Crippen LogP contribution in [-0.2, 0) is 4.74 Å². The Bertz CT molecular complexity index is 570. The van der Waals surface area contributed by atoms with Gasteiger partial charge < -0.3 is 33.7 Å². The van der Waals surface area contributed by atoms with E-state index in [4.69, 9.17) is 0 Å². The molecule has 1 aromatic heterocycles. The van der Waals surface area contributed by atoms with Crippen LogP contribution in [0.25, 0.3) is 10.9 Å². The van der Waals surface area contributed by atoms with E-state index in [1.165, 1.54) is 12.8 Å². The number of H-pyrrole nitrogens is 1. The van der Waals surface area contributed by atoms with Crippen LogP contribution >= 0.6 is 0 Å². The second kappa shape index (κ2) is 5.27. The van der Waals surface area contributed by atoms with E-state index in [-0.39, 0.29) is 29.9 Å². The van der Waals surface area contributed by atoms with Crippen LogP contribution in [0.1, 0.15) is 10.5 Å². The van der Waals surface area contributed by atoms with E-state index in [0.29, 0.717) is 5.69 Å². The topological polar surface area (TPSA) is 42.1 Å². The number of fused-ring (bicyclic) bond motifs is 1. The Morgan fingerprint density at radius 3 is 2.44 bits per heavy atom. The van der Waals surface area contributed by atoms with Crippen LogP contribution in [0, 0.1) is 0 Å². The molecule has 0 saturated carbocycles. The molecule has 0 atom stereocenters. The Balaban J connectivity index is 0.00000162. The summed E-state index contributed by atoms with van der Waals surface area (Å²) in [7, 11) is 7.69. The van der Waals surface area contributed by atoms with Gasteiger partial charge in [-0.1, -0.05) is 0 Å². The summed E-state index contributed by atoms with van der Waals surface area (Å²) in [6, 6.07) is 7.94. The number of methoxy groups -OCH3 is 1. The molecule has 2 aromatic rings. The van der Waals surface area contributed by atoms with Gasteiger partial charge in [0, 0.05) is 11.5 Å². The summed E-state index contributed by atoms with van der Waals surface area (Å²) >= 11 is 0. The summed E-state index contributed by atoms with van der Waals surface area (Å²) < 4.78 is 5.43. The number of benzene rings is 1. The maximum atomic E-state index is 11.4. The Kier molecular flexibility index (Phi) is 4.39. The molecular weight excluding hydrogens is 343 g/mol. The van der Waals surface area contributed by atoms with Crippen molar-refractivity contribution in [2.24, 2.45) is 0 Å². The third-order valence-electron chi connectivity index (χ3n) is 2.79. The lowest BCUT2D eigenvalue weighted by atomic mass is 10.2. The number of rotatable bonds is 2. The zero-order valence-electron chi connectivity index (χ0n) is 11.0. The van der Waals surface area contributed by atoms with Crippen LogP contribution in [0.3, 0.4) is 0 Å². The standard InChI is InChI=1S/C13H16N2O2.HI/c1-15(2,3)10-6-5-9-7-12(13(16)17-4)14-11(9)8-10;/h5-8H,1-4H3;1H. The lowest BCUT2D eigenvalue weighted by Crippen LogP contribution is -3.00. The van der Waals surface area contributed by atoms with Crippen LogP contribution in [0.5, 0.6) is 0 Å². The smallest absolute Gasteiger partial charge is 0.354 e. The van der Waals surface area contributed by atoms with Crippen molar-refractivity contribution in [3.05, 3.63) is 30.0 Å². The largest absolute Gasteiger partial charge is 1.00 e. The van der Waals surface area contributed by atoms with Gasteiger partial charge in [0.15, 0.2) is 0 Å². The summed E-state index contributed by atoms with van der Waals surface area (Å²) in [6.07, 6.45) is 0. The molecule has 4 nitrogen and oxygen atoms in total. The Morgan fingerprint density at radius 2 is 1.89 bits per heavy atom. The zero-order valence-corrected chi connectivity index (χ0v) is 13.1. The van der Waals surface area contributed by atoms with Crippen molar-refractivity contribution in [1.29, 1.82) is 0 Å². The predicted octanol–water partition coefficient (Wildman–Crippen LogP) is -0.845. The number of hydrogen-bond acceptors (Lipinski definition) is 2. The molecular formula is C13H17IN2O2. The lowest BCUT2D eigenvalue weighted by Gasteiger charge is -2.23. The highest BCUT2D eigenvalue weighted by Crippen LogP contribution is 2.24. The van der Waals surface area contributed by atoms with Gasteiger partial charge in [-0.25, -0.2) is 4.79 Å². The Labute approximate surface area is 124 Å². The third-order valence-corrected chi connectivity index (χ3v) is 2.79. The minimum absolute atomic E-state index is 0. The maximum Gasteiger partial charge on any atom is 0.354 e. The summed E-state index contributed by atoms with van der Waals surface area (Å²) in [4.78, 5) is 14.5. The number of esters is 1. The van der Waals surface area contributed by atoms with Crippen LogP contribution in [0.4, 0.5) is 5.69 Å². The number of aromatic nitrogens is 1. The van der Waals surface area contributed by atoms with Gasteiger partial charge in [0.2, 0.25) is 0 Å². The normalized spacial score (nSPS) is 11.1. The first kappa shape index (κ1) is 15.0. The molecule has 98 valence electrons. The number of carbonyl (C=O) groups is 1. The molecule has 0 aliphatic heterocycles. The number of aromatic amines is 1. The minimum atomic E-state index is -0.340. The monoisotopic (exact) mass is 360 g/mol. The molecule has 0 aliphatic rings. The molecule has 2 rings (SSSR count). The van der Waals surface area contributed by atoms with Crippen molar-refractivity contribution in [1.82, 2.24) is 9.47 Å². The fourth-order valence-electron chi connectivity index (χ4n) is 1.75. The van der Waals surface area contributed by atoms with Gasteiger partial charge in [0.1, 0.15) is 11.4 Å². The third kappa shape index (κ3) is 2.84. The quantitative estimate of drug-likeness (QED) is 0.431. The fourth-order valence-corrected chi connectivity index (χ4v) is 1.75. The minimum Gasteiger partial charge on any atom is -1.00 e. The molecule has 0 fully saturated rings. The number of quaternary nitrogens is 1. The molecule has 0 aliphatic carbocycles. The first-order valence-electron chi connectivity index (χ1n) is 5.45. The molecule has 18 heavy (non-hydrogen) atoms. The van der Waals surface area contributed by atoms with Gasteiger partial charge in [0.25, 0.3) is 0 Å². The predicted molar refractivity (Wildman–Crippen MR) is 69.2 cm³/mol. The van der Waals surface area contributed by atoms with E-state index in [1.54, 1.807) is 6.07 Å². The summed E-state index contributed by atoms with van der Waals surface area (Å²) in [5.74, 6) is -0.340. The van der Waals surface area contributed by atoms with Gasteiger partial charge in [-0.05, 0) is 18.2 Å². The molecule has 0 radical (unpaired) electrons. The first-order valence-corrected chi connectivity index (χ1v) is 5.45. The number of nitrogens with one attached hydrogen (secondary N) is 1. The van der Waals surface area contributed by atoms with Crippen molar-refractivity contribution in [3.8, 4) is 0 Å². The van der Waals surface area contributed by atoms with E-state index < -0.39 is 0 Å². The van der Waals surface area contributed by atoms with Crippen molar-refractivity contribution in [2.75, 3.05) is 28.3 Å². The van der Waals surface area contributed by atoms with Gasteiger partial charge >= 0.3 is 5.97 Å². The highest BCUT2D eigenvalue weighted by Gasteiger charge is 2.15. The van der Waals surface area contributed by atoms with Gasteiger partial charge in [-0.2, -0.15) is 0 Å². The van der Waals surface area contributed by atoms with Gasteiger partial charge in [-0.15, -0.1) is 0 Å². The highest BCUT2D eigenvalue weighted by atomic mass is 127. The molecule has 0 bridgehead atoms. The summed E-state index contributed by atoms with van der Waals surface area (Å²) in [5.41, 5.74) is 2.62. The van der Waals surface area contributed by atoms with Crippen molar-refractivity contribution < 1.29 is 33.5 Å². The van der Waals surface area contributed by atoms with Gasteiger partial charge in [-0.3, -0.25) is 4.48 Å². The SMILES string of the molecule is COC(=O)c1cc2ccc([N+](C)(C)C)cc2[nH]1.[I-]. The van der Waals surface area contributed by atoms with E-state index in [9.17, 15) is 4.79 Å². The highest BCUT2D eigenvalue weighted by molar-refractivity contribution is 5.95. The van der Waals surface area contributed by atoms with Crippen molar-refractivity contribution in [2.45, 2.75) is 0 Å². The second-order valence-corrected chi connectivity index (χ2v) is 4.96. The summed E-state index contributed by atoms with van der Waals surface area (Å²) in [5, 5.41) is 1.02. The molecule has 1 aromatic carbocycles. The van der Waals surface area contributed by atoms with E-state index in [2.05, 4.69) is 43.0 Å². The van der Waals surface area contributed by atoms with Crippen LogP contribution < -0.4 is 28.5 Å². The van der Waals surface area contributed by atoms with Crippen LogP contribution in [0.2, 0.25) is 0 Å². The van der Waals surface area contributed by atoms with E-state index in [1.807, 2.05) is 6.07 Å². The average Bonchev–Trinajstić information content (AvgIpc) is 2.69. The molecule has 0 amide bonds. The number of halogens is 1. The molecule has 0 unspecified atom stereocenters. The van der Waals surface area contributed by atoms with Gasteiger partial charge in [0.05, 0.1) is 33.8 Å². The number of ether oxygens (including phenoxy) is 1. The second-order valence-electron chi connectivity index (χ2n) is 4.96. The lowest BCUT2D eigenvalue weighted by molar-refractivity contribution is -0.0000182. The molecule has 5 heteroatoms. The Morgan fingerprint density at radius 1 is 1.22 bits per heavy atom. The Hall–Kier alpha value is -1.08. The van der Waals surface area contributed by atoms with E-state index >= 15 is 0 Å². The number of hydrogen-bond donors (Lipinski definition) is 1.